The summed E-state index contributed by atoms with van der Waals surface area (Å²) in [6.45, 7) is 4.46. The van der Waals surface area contributed by atoms with Crippen LogP contribution in [0.15, 0.2) is 42.5 Å². The van der Waals surface area contributed by atoms with E-state index in [4.69, 9.17) is 0 Å². The third-order valence-electron chi connectivity index (χ3n) is 3.73. The lowest BCUT2D eigenvalue weighted by molar-refractivity contribution is -0.116. The van der Waals surface area contributed by atoms with Gasteiger partial charge in [0.1, 0.15) is 0 Å². The van der Waals surface area contributed by atoms with Crippen LogP contribution in [0.3, 0.4) is 0 Å². The van der Waals surface area contributed by atoms with Crippen molar-refractivity contribution >= 4 is 23.3 Å². The van der Waals surface area contributed by atoms with Crippen molar-refractivity contribution in [2.75, 3.05) is 24.3 Å². The lowest BCUT2D eigenvalue weighted by Crippen LogP contribution is -2.17. The van der Waals surface area contributed by atoms with Gasteiger partial charge >= 0.3 is 5.97 Å². The molecule has 126 valence electrons. The normalized spacial score (nSPS) is 10.1. The maximum absolute atomic E-state index is 12.1. The van der Waals surface area contributed by atoms with Crippen molar-refractivity contribution < 1.29 is 14.3 Å². The van der Waals surface area contributed by atoms with Crippen molar-refractivity contribution in [2.45, 2.75) is 20.3 Å². The number of rotatable bonds is 6. The van der Waals surface area contributed by atoms with E-state index in [1.165, 1.54) is 7.11 Å². The molecule has 5 heteroatoms. The molecule has 0 aliphatic carbocycles. The smallest absolute Gasteiger partial charge is 0.337 e. The van der Waals surface area contributed by atoms with Crippen LogP contribution in [0.2, 0.25) is 0 Å². The maximum atomic E-state index is 12.1. The van der Waals surface area contributed by atoms with Crippen molar-refractivity contribution in [3.63, 3.8) is 0 Å². The second kappa shape index (κ2) is 8.15. The number of aryl methyl sites for hydroxylation is 2. The maximum Gasteiger partial charge on any atom is 0.337 e. The minimum atomic E-state index is -0.366. The number of amides is 1. The highest BCUT2D eigenvalue weighted by Gasteiger charge is 2.07. The van der Waals surface area contributed by atoms with E-state index in [1.54, 1.807) is 24.3 Å². The van der Waals surface area contributed by atoms with Crippen molar-refractivity contribution in [3.8, 4) is 0 Å². The monoisotopic (exact) mass is 326 g/mol. The quantitative estimate of drug-likeness (QED) is 0.797. The summed E-state index contributed by atoms with van der Waals surface area (Å²) in [5.74, 6) is -0.402. The first kappa shape index (κ1) is 17.5. The van der Waals surface area contributed by atoms with Crippen LogP contribution in [-0.4, -0.2) is 25.5 Å². The molecular formula is C19H22N2O3. The molecule has 0 radical (unpaired) electrons. The molecule has 0 aliphatic rings. The Morgan fingerprint density at radius 2 is 1.62 bits per heavy atom. The minimum absolute atomic E-state index is 0.0360. The first-order chi connectivity index (χ1) is 11.5. The molecule has 0 spiro atoms. The van der Waals surface area contributed by atoms with Gasteiger partial charge < -0.3 is 15.4 Å². The SMILES string of the molecule is COC(=O)c1ccc(NCCC(=O)Nc2c(C)cccc2C)cc1. The van der Waals surface area contributed by atoms with Gasteiger partial charge in [-0.25, -0.2) is 4.79 Å². The third kappa shape index (κ3) is 4.59. The number of hydrogen-bond donors (Lipinski definition) is 2. The molecule has 0 unspecified atom stereocenters. The summed E-state index contributed by atoms with van der Waals surface area (Å²) in [4.78, 5) is 23.4. The molecular weight excluding hydrogens is 304 g/mol. The van der Waals surface area contributed by atoms with Crippen LogP contribution < -0.4 is 10.6 Å². The summed E-state index contributed by atoms with van der Waals surface area (Å²) in [5.41, 5.74) is 4.33. The molecule has 0 aromatic heterocycles. The largest absolute Gasteiger partial charge is 0.465 e. The van der Waals surface area contributed by atoms with Crippen LogP contribution in [0.4, 0.5) is 11.4 Å². The Kier molecular flexibility index (Phi) is 5.95. The Balaban J connectivity index is 1.83. The van der Waals surface area contributed by atoms with Gasteiger partial charge in [-0.05, 0) is 49.2 Å². The topological polar surface area (TPSA) is 67.4 Å². The molecule has 2 aromatic carbocycles. The first-order valence-corrected chi connectivity index (χ1v) is 7.79. The summed E-state index contributed by atoms with van der Waals surface area (Å²) in [7, 11) is 1.35. The fourth-order valence-electron chi connectivity index (χ4n) is 2.38. The number of nitrogens with one attached hydrogen (secondary N) is 2. The van der Waals surface area contributed by atoms with E-state index in [0.29, 0.717) is 18.5 Å². The first-order valence-electron chi connectivity index (χ1n) is 7.79. The summed E-state index contributed by atoms with van der Waals surface area (Å²) in [6, 6.07) is 12.9. The van der Waals surface area contributed by atoms with E-state index < -0.39 is 0 Å². The molecule has 0 saturated heterocycles. The predicted octanol–water partition coefficient (Wildman–Crippen LogP) is 3.53. The Labute approximate surface area is 142 Å². The number of carbonyl (C=O) groups excluding carboxylic acids is 2. The number of hydrogen-bond acceptors (Lipinski definition) is 4. The average Bonchev–Trinajstić information content (AvgIpc) is 2.58. The standard InChI is InChI=1S/C19H22N2O3/c1-13-5-4-6-14(2)18(13)21-17(22)11-12-20-16-9-7-15(8-10-16)19(23)24-3/h4-10,20H,11-12H2,1-3H3,(H,21,22). The van der Waals surface area contributed by atoms with Gasteiger partial charge in [0.25, 0.3) is 0 Å². The van der Waals surface area contributed by atoms with E-state index in [-0.39, 0.29) is 11.9 Å². The molecule has 0 bridgehead atoms. The van der Waals surface area contributed by atoms with Gasteiger partial charge in [0, 0.05) is 24.3 Å². The highest BCUT2D eigenvalue weighted by molar-refractivity contribution is 5.92. The fourth-order valence-corrected chi connectivity index (χ4v) is 2.38. The molecule has 0 atom stereocenters. The van der Waals surface area contributed by atoms with E-state index in [9.17, 15) is 9.59 Å². The second-order valence-corrected chi connectivity index (χ2v) is 5.56. The van der Waals surface area contributed by atoms with Crippen molar-refractivity contribution in [1.82, 2.24) is 0 Å². The summed E-state index contributed by atoms with van der Waals surface area (Å²) in [6.07, 6.45) is 0.354. The van der Waals surface area contributed by atoms with Gasteiger partial charge in [-0.2, -0.15) is 0 Å². The Morgan fingerprint density at radius 3 is 2.21 bits per heavy atom. The van der Waals surface area contributed by atoms with Gasteiger partial charge in [-0.3, -0.25) is 4.79 Å². The van der Waals surface area contributed by atoms with Gasteiger partial charge in [-0.1, -0.05) is 18.2 Å². The van der Waals surface area contributed by atoms with Gasteiger partial charge in [0.15, 0.2) is 0 Å². The van der Waals surface area contributed by atoms with Gasteiger partial charge in [-0.15, -0.1) is 0 Å². The molecule has 0 saturated carbocycles. The van der Waals surface area contributed by atoms with E-state index in [1.807, 2.05) is 32.0 Å². The Bertz CT molecular complexity index is 704. The predicted molar refractivity (Wildman–Crippen MR) is 95.4 cm³/mol. The molecule has 0 heterocycles. The van der Waals surface area contributed by atoms with Gasteiger partial charge in [0.2, 0.25) is 5.91 Å². The number of carbonyl (C=O) groups is 2. The molecule has 2 aromatic rings. The molecule has 0 fully saturated rings. The minimum Gasteiger partial charge on any atom is -0.465 e. The summed E-state index contributed by atoms with van der Waals surface area (Å²) in [5, 5.41) is 6.12. The van der Waals surface area contributed by atoms with E-state index >= 15 is 0 Å². The molecule has 2 rings (SSSR count). The Hall–Kier alpha value is -2.82. The molecule has 2 N–H and O–H groups in total. The van der Waals surface area contributed by atoms with Crippen LogP contribution in [0, 0.1) is 13.8 Å². The fraction of sp³-hybridized carbons (Fsp3) is 0.263. The molecule has 24 heavy (non-hydrogen) atoms. The van der Waals surface area contributed by atoms with Crippen molar-refractivity contribution in [3.05, 3.63) is 59.2 Å². The average molecular weight is 326 g/mol. The van der Waals surface area contributed by atoms with Crippen molar-refractivity contribution in [1.29, 1.82) is 0 Å². The van der Waals surface area contributed by atoms with E-state index in [0.717, 1.165) is 22.5 Å². The highest BCUT2D eigenvalue weighted by atomic mass is 16.5. The second-order valence-electron chi connectivity index (χ2n) is 5.56. The number of ether oxygens (including phenoxy) is 1. The number of anilines is 2. The zero-order valence-corrected chi connectivity index (χ0v) is 14.2. The number of para-hydroxylation sites is 1. The third-order valence-corrected chi connectivity index (χ3v) is 3.73. The number of benzene rings is 2. The summed E-state index contributed by atoms with van der Waals surface area (Å²) >= 11 is 0. The number of methoxy groups -OCH3 is 1. The van der Waals surface area contributed by atoms with Crippen molar-refractivity contribution in [2.24, 2.45) is 0 Å². The lowest BCUT2D eigenvalue weighted by Gasteiger charge is -2.12. The Morgan fingerprint density at radius 1 is 1.00 bits per heavy atom. The number of esters is 1. The van der Waals surface area contributed by atoms with Crippen LogP contribution in [0.25, 0.3) is 0 Å². The lowest BCUT2D eigenvalue weighted by atomic mass is 10.1. The zero-order valence-electron chi connectivity index (χ0n) is 14.2. The van der Waals surface area contributed by atoms with Crippen LogP contribution >= 0.6 is 0 Å². The highest BCUT2D eigenvalue weighted by Crippen LogP contribution is 2.19. The van der Waals surface area contributed by atoms with Crippen LogP contribution in [0.1, 0.15) is 27.9 Å². The van der Waals surface area contributed by atoms with E-state index in [2.05, 4.69) is 15.4 Å². The summed E-state index contributed by atoms with van der Waals surface area (Å²) < 4.78 is 4.65. The molecule has 0 aliphatic heterocycles. The zero-order chi connectivity index (χ0) is 17.5. The van der Waals surface area contributed by atoms with Gasteiger partial charge in [0.05, 0.1) is 12.7 Å². The molecule has 1 amide bonds. The van der Waals surface area contributed by atoms with Crippen LogP contribution in [0.5, 0.6) is 0 Å². The van der Waals surface area contributed by atoms with Crippen LogP contribution in [-0.2, 0) is 9.53 Å². The molecule has 5 nitrogen and oxygen atoms in total.